The van der Waals surface area contributed by atoms with Gasteiger partial charge in [-0.1, -0.05) is 6.42 Å². The predicted molar refractivity (Wildman–Crippen MR) is 106 cm³/mol. The Labute approximate surface area is 160 Å². The summed E-state index contributed by atoms with van der Waals surface area (Å²) in [5.74, 6) is -1.21. The summed E-state index contributed by atoms with van der Waals surface area (Å²) in [6.45, 7) is 1.83. The van der Waals surface area contributed by atoms with Crippen molar-refractivity contribution in [3.05, 3.63) is 29.8 Å². The van der Waals surface area contributed by atoms with Gasteiger partial charge in [-0.25, -0.2) is 8.78 Å². The second-order valence-corrected chi connectivity index (χ2v) is 8.09. The number of rotatable bonds is 6. The van der Waals surface area contributed by atoms with E-state index in [1.165, 1.54) is 69.9 Å². The summed E-state index contributed by atoms with van der Waals surface area (Å²) in [6, 6.07) is 4.92. The number of quaternary nitrogens is 1. The maximum atomic E-state index is 13.3. The molecule has 0 amide bonds. The number of nitrogens with one attached hydrogen (secondary N) is 3. The van der Waals surface area contributed by atoms with E-state index >= 15 is 0 Å². The lowest BCUT2D eigenvalue weighted by Crippen LogP contribution is -3.19. The smallest absolute Gasteiger partial charge is 0.170 e. The topological polar surface area (TPSA) is 28.5 Å². The van der Waals surface area contributed by atoms with Gasteiger partial charge in [0.05, 0.1) is 25.2 Å². The molecule has 0 aliphatic heterocycles. The maximum absolute atomic E-state index is 13.3. The first-order valence-corrected chi connectivity index (χ1v) is 10.4. The zero-order valence-corrected chi connectivity index (χ0v) is 16.1. The van der Waals surface area contributed by atoms with Crippen LogP contribution in [0.15, 0.2) is 18.2 Å². The van der Waals surface area contributed by atoms with Gasteiger partial charge in [-0.2, -0.15) is 0 Å². The Balaban J connectivity index is 1.49. The van der Waals surface area contributed by atoms with Crippen LogP contribution in [-0.4, -0.2) is 30.3 Å². The molecule has 0 spiro atoms. The summed E-state index contributed by atoms with van der Waals surface area (Å²) in [7, 11) is 0. The Morgan fingerprint density at radius 3 is 2.04 bits per heavy atom. The van der Waals surface area contributed by atoms with Crippen LogP contribution in [0.3, 0.4) is 0 Å². The molecule has 3 N–H and O–H groups in total. The fourth-order valence-corrected chi connectivity index (χ4v) is 4.85. The first-order chi connectivity index (χ1) is 12.6. The van der Waals surface area contributed by atoms with Crippen LogP contribution in [0.4, 0.5) is 14.5 Å². The first kappa shape index (κ1) is 19.5. The molecule has 2 aliphatic carbocycles. The Morgan fingerprint density at radius 2 is 1.46 bits per heavy atom. The van der Waals surface area contributed by atoms with Crippen LogP contribution in [-0.2, 0) is 0 Å². The Hall–Kier alpha value is -1.27. The molecule has 1 unspecified atom stereocenters. The van der Waals surface area contributed by atoms with Crippen molar-refractivity contribution in [1.29, 1.82) is 0 Å². The van der Waals surface area contributed by atoms with Crippen molar-refractivity contribution in [3.8, 4) is 0 Å². The van der Waals surface area contributed by atoms with Crippen LogP contribution in [0.25, 0.3) is 0 Å². The highest BCUT2D eigenvalue weighted by Gasteiger charge is 2.32. The predicted octanol–water partition coefficient (Wildman–Crippen LogP) is 3.41. The minimum atomic E-state index is -0.607. The number of hydrogen-bond acceptors (Lipinski definition) is 1. The second-order valence-electron chi connectivity index (χ2n) is 7.68. The average molecular weight is 383 g/mol. The van der Waals surface area contributed by atoms with Gasteiger partial charge in [-0.05, 0) is 75.7 Å². The maximum Gasteiger partial charge on any atom is 0.170 e. The van der Waals surface area contributed by atoms with E-state index in [4.69, 9.17) is 12.2 Å². The van der Waals surface area contributed by atoms with Gasteiger partial charge in [0, 0.05) is 11.8 Å². The molecule has 0 saturated heterocycles. The summed E-state index contributed by atoms with van der Waals surface area (Å²) in [4.78, 5) is 1.74. The highest BCUT2D eigenvalue weighted by atomic mass is 32.1. The minimum Gasteiger partial charge on any atom is -0.357 e. The van der Waals surface area contributed by atoms with Crippen LogP contribution in [0.5, 0.6) is 0 Å². The number of anilines is 1. The number of halogens is 2. The zero-order valence-electron chi connectivity index (χ0n) is 15.3. The summed E-state index contributed by atoms with van der Waals surface area (Å²) in [5, 5.41) is 6.52. The van der Waals surface area contributed by atoms with Gasteiger partial charge in [-0.15, -0.1) is 0 Å². The van der Waals surface area contributed by atoms with Crippen LogP contribution >= 0.6 is 12.2 Å². The van der Waals surface area contributed by atoms with Gasteiger partial charge in [0.15, 0.2) is 5.11 Å². The molecule has 3 rings (SSSR count). The second kappa shape index (κ2) is 9.60. The van der Waals surface area contributed by atoms with Gasteiger partial charge in [0.2, 0.25) is 0 Å². The quantitative estimate of drug-likeness (QED) is 0.659. The summed E-state index contributed by atoms with van der Waals surface area (Å²) in [6.07, 6.45) is 12.2. The number of thiocarbonyl (C=S) groups is 1. The molecule has 0 aromatic heterocycles. The molecule has 2 aliphatic rings. The Morgan fingerprint density at radius 1 is 0.923 bits per heavy atom. The zero-order chi connectivity index (χ0) is 18.4. The number of benzene rings is 1. The lowest BCUT2D eigenvalue weighted by Gasteiger charge is -2.35. The van der Waals surface area contributed by atoms with Crippen molar-refractivity contribution in [2.24, 2.45) is 0 Å². The Bertz CT molecular complexity index is 578. The fourth-order valence-electron chi connectivity index (χ4n) is 4.63. The van der Waals surface area contributed by atoms with Crippen LogP contribution in [0.2, 0.25) is 0 Å². The highest BCUT2D eigenvalue weighted by molar-refractivity contribution is 7.80. The van der Waals surface area contributed by atoms with Crippen molar-refractivity contribution in [2.45, 2.75) is 69.9 Å². The molecule has 2 fully saturated rings. The van der Waals surface area contributed by atoms with Crippen LogP contribution < -0.4 is 15.5 Å². The minimum absolute atomic E-state index is 0.340. The fraction of sp³-hybridized carbons (Fsp3) is 0.650. The largest absolute Gasteiger partial charge is 0.357 e. The third-order valence-corrected chi connectivity index (χ3v) is 6.08. The van der Waals surface area contributed by atoms with E-state index in [0.717, 1.165) is 31.2 Å². The highest BCUT2D eigenvalue weighted by Crippen LogP contribution is 2.20. The van der Waals surface area contributed by atoms with Crippen LogP contribution in [0, 0.1) is 11.6 Å². The molecule has 3 nitrogen and oxygen atoms in total. The summed E-state index contributed by atoms with van der Waals surface area (Å²) in [5.41, 5.74) is 0.340. The third-order valence-electron chi connectivity index (χ3n) is 5.83. The van der Waals surface area contributed by atoms with Gasteiger partial charge < -0.3 is 15.5 Å². The molecule has 144 valence electrons. The van der Waals surface area contributed by atoms with E-state index in [0.29, 0.717) is 10.8 Å². The molecule has 1 aromatic carbocycles. The molecule has 1 atom stereocenters. The van der Waals surface area contributed by atoms with E-state index in [9.17, 15) is 8.78 Å². The molecule has 1 aromatic rings. The van der Waals surface area contributed by atoms with Crippen molar-refractivity contribution >= 4 is 23.0 Å². The lowest BCUT2D eigenvalue weighted by atomic mass is 9.93. The Kier molecular flexibility index (Phi) is 7.20. The monoisotopic (exact) mass is 382 g/mol. The van der Waals surface area contributed by atoms with E-state index in [2.05, 4.69) is 10.6 Å². The van der Waals surface area contributed by atoms with Gasteiger partial charge in [0.25, 0.3) is 0 Å². The molecule has 2 saturated carbocycles. The van der Waals surface area contributed by atoms with Crippen molar-refractivity contribution in [3.63, 3.8) is 0 Å². The molecule has 0 bridgehead atoms. The normalized spacial score (nSPS) is 20.1. The number of hydrogen-bond donors (Lipinski definition) is 3. The molecular formula is C20H30F2N3S+. The summed E-state index contributed by atoms with van der Waals surface area (Å²) < 4.78 is 26.5. The van der Waals surface area contributed by atoms with E-state index in [-0.39, 0.29) is 0 Å². The van der Waals surface area contributed by atoms with Crippen molar-refractivity contribution in [1.82, 2.24) is 5.32 Å². The van der Waals surface area contributed by atoms with Gasteiger partial charge in [-0.3, -0.25) is 0 Å². The molecule has 26 heavy (non-hydrogen) atoms. The van der Waals surface area contributed by atoms with Gasteiger partial charge >= 0.3 is 0 Å². The summed E-state index contributed by atoms with van der Waals surface area (Å²) >= 11 is 5.29. The molecule has 0 heterocycles. The van der Waals surface area contributed by atoms with Crippen molar-refractivity contribution < 1.29 is 13.7 Å². The van der Waals surface area contributed by atoms with Crippen molar-refractivity contribution in [2.75, 3.05) is 18.4 Å². The molecule has 6 heteroatoms. The SMILES string of the molecule is Fc1cc(F)cc(NC(=S)NCC[NH+](C2CCCCC2)C2CCCC2)c1. The van der Waals surface area contributed by atoms with E-state index < -0.39 is 11.6 Å². The lowest BCUT2D eigenvalue weighted by molar-refractivity contribution is -0.949. The first-order valence-electron chi connectivity index (χ1n) is 9.98. The average Bonchev–Trinajstić information content (AvgIpc) is 3.13. The standard InChI is InChI=1S/C20H29F2N3S/c21-15-12-16(22)14-17(13-15)24-20(26)23-10-11-25(19-8-4-5-9-19)18-6-2-1-3-7-18/h12-14,18-19H,1-11H2,(H2,23,24,26)/p+1. The van der Waals surface area contributed by atoms with Crippen LogP contribution in [0.1, 0.15) is 57.8 Å². The van der Waals surface area contributed by atoms with E-state index in [1.807, 2.05) is 0 Å². The van der Waals surface area contributed by atoms with Gasteiger partial charge in [0.1, 0.15) is 11.6 Å². The van der Waals surface area contributed by atoms with E-state index in [1.54, 1.807) is 4.90 Å². The molecular weight excluding hydrogens is 352 g/mol. The third kappa shape index (κ3) is 5.61. The molecule has 0 radical (unpaired) electrons.